The van der Waals surface area contributed by atoms with Gasteiger partial charge in [0.15, 0.2) is 5.58 Å². The minimum Gasteiger partial charge on any atom is -0.431 e. The van der Waals surface area contributed by atoms with E-state index < -0.39 is 6.08 Å². The van der Waals surface area contributed by atoms with Crippen LogP contribution in [-0.2, 0) is 4.79 Å². The van der Waals surface area contributed by atoms with E-state index in [9.17, 15) is 13.6 Å². The highest BCUT2D eigenvalue weighted by molar-refractivity contribution is 7.99. The maximum Gasteiger partial charge on any atom is 0.266 e. The zero-order valence-electron chi connectivity index (χ0n) is 11.4. The highest BCUT2D eigenvalue weighted by Gasteiger charge is 2.11. The van der Waals surface area contributed by atoms with Crippen molar-refractivity contribution in [3.05, 3.63) is 30.4 Å². The molecule has 0 aliphatic rings. The van der Waals surface area contributed by atoms with E-state index >= 15 is 0 Å². The summed E-state index contributed by atoms with van der Waals surface area (Å²) < 4.78 is 29.3. The molecule has 1 aromatic carbocycles. The second-order valence-corrected chi connectivity index (χ2v) is 5.21. The number of amides is 1. The van der Waals surface area contributed by atoms with Gasteiger partial charge in [0.05, 0.1) is 5.69 Å². The van der Waals surface area contributed by atoms with Crippen LogP contribution in [0.25, 0.3) is 11.1 Å². The van der Waals surface area contributed by atoms with Gasteiger partial charge in [0.1, 0.15) is 5.52 Å². The molecule has 1 amide bonds. The zero-order chi connectivity index (χ0) is 15.2. The van der Waals surface area contributed by atoms with Crippen molar-refractivity contribution < 1.29 is 18.0 Å². The molecule has 0 aliphatic carbocycles. The average molecular weight is 312 g/mol. The minimum absolute atomic E-state index is 0.108. The van der Waals surface area contributed by atoms with Gasteiger partial charge in [-0.05, 0) is 24.6 Å². The second-order valence-electron chi connectivity index (χ2n) is 4.16. The Morgan fingerprint density at radius 2 is 2.29 bits per heavy atom. The molecule has 0 saturated carbocycles. The van der Waals surface area contributed by atoms with Crippen LogP contribution < -0.4 is 5.32 Å². The van der Waals surface area contributed by atoms with Crippen LogP contribution in [0.3, 0.4) is 0 Å². The SMILES string of the molecule is CCC(=O)Nc1cccc2oc(SCCC=C(F)F)nc12. The Kier molecular flexibility index (Phi) is 5.32. The predicted octanol–water partition coefficient (Wildman–Crippen LogP) is 4.44. The van der Waals surface area contributed by atoms with E-state index in [0.29, 0.717) is 34.2 Å². The molecule has 4 nitrogen and oxygen atoms in total. The van der Waals surface area contributed by atoms with E-state index in [1.807, 2.05) is 0 Å². The van der Waals surface area contributed by atoms with Crippen molar-refractivity contribution in [2.75, 3.05) is 11.1 Å². The van der Waals surface area contributed by atoms with Crippen LogP contribution in [0.2, 0.25) is 0 Å². The van der Waals surface area contributed by atoms with Gasteiger partial charge in [-0.15, -0.1) is 0 Å². The first-order valence-corrected chi connectivity index (χ1v) is 7.42. The highest BCUT2D eigenvalue weighted by Crippen LogP contribution is 2.28. The summed E-state index contributed by atoms with van der Waals surface area (Å²) in [5, 5.41) is 3.15. The number of para-hydroxylation sites is 1. The standard InChI is InChI=1S/C14H14F2N2O2S/c1-2-12(19)17-9-5-3-6-10-13(9)18-14(20-10)21-8-4-7-11(15)16/h3,5-7H,2,4,8H2,1H3,(H,17,19). The van der Waals surface area contributed by atoms with Gasteiger partial charge < -0.3 is 9.73 Å². The highest BCUT2D eigenvalue weighted by atomic mass is 32.2. The van der Waals surface area contributed by atoms with E-state index in [1.54, 1.807) is 25.1 Å². The number of allylic oxidation sites excluding steroid dienone is 1. The van der Waals surface area contributed by atoms with Crippen molar-refractivity contribution in [2.24, 2.45) is 0 Å². The summed E-state index contributed by atoms with van der Waals surface area (Å²) in [6.07, 6.45) is -0.206. The molecule has 21 heavy (non-hydrogen) atoms. The number of nitrogens with zero attached hydrogens (tertiary/aromatic N) is 1. The molecular formula is C14H14F2N2O2S. The predicted molar refractivity (Wildman–Crippen MR) is 78.6 cm³/mol. The Bertz CT molecular complexity index is 666. The molecule has 2 rings (SSSR count). The number of oxazole rings is 1. The third-order valence-electron chi connectivity index (χ3n) is 2.64. The van der Waals surface area contributed by atoms with Crippen LogP contribution in [0.4, 0.5) is 14.5 Å². The molecule has 0 spiro atoms. The summed E-state index contributed by atoms with van der Waals surface area (Å²) in [4.78, 5) is 15.7. The molecule has 0 atom stereocenters. The number of anilines is 1. The molecular weight excluding hydrogens is 298 g/mol. The number of halogens is 2. The Morgan fingerprint density at radius 1 is 1.48 bits per heavy atom. The summed E-state index contributed by atoms with van der Waals surface area (Å²) in [6, 6.07) is 5.25. The van der Waals surface area contributed by atoms with Crippen molar-refractivity contribution in [2.45, 2.75) is 25.0 Å². The molecule has 7 heteroatoms. The Balaban J connectivity index is 2.11. The van der Waals surface area contributed by atoms with Gasteiger partial charge in [0.2, 0.25) is 5.91 Å². The van der Waals surface area contributed by atoms with Crippen molar-refractivity contribution in [1.82, 2.24) is 4.98 Å². The summed E-state index contributed by atoms with van der Waals surface area (Å²) in [5.41, 5.74) is 1.71. The van der Waals surface area contributed by atoms with E-state index in [4.69, 9.17) is 4.42 Å². The molecule has 1 aromatic heterocycles. The fourth-order valence-electron chi connectivity index (χ4n) is 1.64. The third-order valence-corrected chi connectivity index (χ3v) is 3.50. The topological polar surface area (TPSA) is 55.1 Å². The lowest BCUT2D eigenvalue weighted by Gasteiger charge is -2.02. The molecule has 112 valence electrons. The first kappa shape index (κ1) is 15.5. The van der Waals surface area contributed by atoms with E-state index in [1.165, 1.54) is 11.8 Å². The number of aromatic nitrogens is 1. The number of thioether (sulfide) groups is 1. The fourth-order valence-corrected chi connectivity index (χ4v) is 2.36. The Morgan fingerprint density at radius 3 is 3.00 bits per heavy atom. The van der Waals surface area contributed by atoms with Gasteiger partial charge in [-0.1, -0.05) is 24.8 Å². The Hall–Kier alpha value is -1.89. The van der Waals surface area contributed by atoms with E-state index in [2.05, 4.69) is 10.3 Å². The monoisotopic (exact) mass is 312 g/mol. The number of fused-ring (bicyclic) bond motifs is 1. The van der Waals surface area contributed by atoms with Crippen LogP contribution in [-0.4, -0.2) is 16.6 Å². The van der Waals surface area contributed by atoms with E-state index in [-0.39, 0.29) is 12.3 Å². The molecule has 0 aliphatic heterocycles. The quantitative estimate of drug-likeness (QED) is 0.633. The third kappa shape index (κ3) is 4.29. The van der Waals surface area contributed by atoms with Crippen molar-refractivity contribution in [3.8, 4) is 0 Å². The molecule has 0 unspecified atom stereocenters. The summed E-state index contributed by atoms with van der Waals surface area (Å²) >= 11 is 1.25. The maximum atomic E-state index is 11.9. The number of rotatable bonds is 6. The average Bonchev–Trinajstić information content (AvgIpc) is 2.87. The number of carbonyl (C=O) groups is 1. The fraction of sp³-hybridized carbons (Fsp3) is 0.286. The van der Waals surface area contributed by atoms with Crippen LogP contribution >= 0.6 is 11.8 Å². The first-order valence-electron chi connectivity index (χ1n) is 6.43. The number of benzene rings is 1. The lowest BCUT2D eigenvalue weighted by atomic mass is 10.2. The van der Waals surface area contributed by atoms with Gasteiger partial charge in [-0.25, -0.2) is 4.98 Å². The molecule has 0 saturated heterocycles. The second kappa shape index (κ2) is 7.21. The molecule has 2 aromatic rings. The van der Waals surface area contributed by atoms with Gasteiger partial charge in [-0.2, -0.15) is 8.78 Å². The number of hydrogen-bond donors (Lipinski definition) is 1. The smallest absolute Gasteiger partial charge is 0.266 e. The van der Waals surface area contributed by atoms with Crippen molar-refractivity contribution >= 4 is 34.5 Å². The van der Waals surface area contributed by atoms with E-state index in [0.717, 1.165) is 6.08 Å². The number of hydrogen-bond acceptors (Lipinski definition) is 4. The van der Waals surface area contributed by atoms with Crippen molar-refractivity contribution in [3.63, 3.8) is 0 Å². The lowest BCUT2D eigenvalue weighted by molar-refractivity contribution is -0.115. The molecule has 0 fully saturated rings. The van der Waals surface area contributed by atoms with Gasteiger partial charge in [0.25, 0.3) is 11.3 Å². The number of nitrogens with one attached hydrogen (secondary N) is 1. The van der Waals surface area contributed by atoms with Gasteiger partial charge in [0, 0.05) is 12.2 Å². The minimum atomic E-state index is -1.68. The summed E-state index contributed by atoms with van der Waals surface area (Å²) in [6.45, 7) is 1.76. The number of carbonyl (C=O) groups excluding carboxylic acids is 1. The summed E-state index contributed by atoms with van der Waals surface area (Å²) in [5.74, 6) is 0.337. The van der Waals surface area contributed by atoms with Crippen LogP contribution in [0.1, 0.15) is 19.8 Å². The molecule has 1 heterocycles. The lowest BCUT2D eigenvalue weighted by Crippen LogP contribution is -2.09. The van der Waals surface area contributed by atoms with Crippen molar-refractivity contribution in [1.29, 1.82) is 0 Å². The van der Waals surface area contributed by atoms with Crippen LogP contribution in [0.5, 0.6) is 0 Å². The normalized spacial score (nSPS) is 10.6. The summed E-state index contributed by atoms with van der Waals surface area (Å²) in [7, 11) is 0. The zero-order valence-corrected chi connectivity index (χ0v) is 12.2. The molecule has 0 bridgehead atoms. The van der Waals surface area contributed by atoms with Gasteiger partial charge >= 0.3 is 0 Å². The molecule has 0 radical (unpaired) electrons. The maximum absolute atomic E-state index is 11.9. The largest absolute Gasteiger partial charge is 0.431 e. The Labute approximate surface area is 124 Å². The van der Waals surface area contributed by atoms with Crippen LogP contribution in [0.15, 0.2) is 40.0 Å². The van der Waals surface area contributed by atoms with Gasteiger partial charge in [-0.3, -0.25) is 4.79 Å². The van der Waals surface area contributed by atoms with Crippen LogP contribution in [0, 0.1) is 0 Å². The first-order chi connectivity index (χ1) is 10.1. The molecule has 1 N–H and O–H groups in total.